The van der Waals surface area contributed by atoms with Crippen molar-refractivity contribution in [2.45, 2.75) is 32.6 Å². The van der Waals surface area contributed by atoms with Crippen LogP contribution in [0, 0.1) is 17.8 Å². The van der Waals surface area contributed by atoms with Crippen molar-refractivity contribution in [3.63, 3.8) is 0 Å². The van der Waals surface area contributed by atoms with E-state index in [4.69, 9.17) is 4.74 Å². The van der Waals surface area contributed by atoms with Crippen LogP contribution >= 0.6 is 0 Å². The van der Waals surface area contributed by atoms with Gasteiger partial charge in [0.25, 0.3) is 0 Å². The van der Waals surface area contributed by atoms with Gasteiger partial charge in [0.05, 0.1) is 12.5 Å². The van der Waals surface area contributed by atoms with E-state index in [0.717, 1.165) is 24.7 Å². The molecule has 2 fully saturated rings. The Labute approximate surface area is 73.3 Å². The van der Waals surface area contributed by atoms with Crippen LogP contribution < -0.4 is 0 Å². The van der Waals surface area contributed by atoms with Crippen LogP contribution in [-0.2, 0) is 9.53 Å². The monoisotopic (exact) mass is 168 g/mol. The molecular weight excluding hydrogens is 152 g/mol. The van der Waals surface area contributed by atoms with E-state index in [1.807, 2.05) is 6.92 Å². The van der Waals surface area contributed by atoms with Gasteiger partial charge in [-0.1, -0.05) is 0 Å². The third-order valence-corrected chi connectivity index (χ3v) is 3.16. The maximum Gasteiger partial charge on any atom is 0.308 e. The largest absolute Gasteiger partial charge is 0.466 e. The molecule has 2 rings (SSSR count). The molecule has 2 aliphatic carbocycles. The summed E-state index contributed by atoms with van der Waals surface area (Å²) in [5, 5.41) is 0. The van der Waals surface area contributed by atoms with Crippen LogP contribution in [0.15, 0.2) is 0 Å². The number of carbonyl (C=O) groups excluding carboxylic acids is 1. The number of fused-ring (bicyclic) bond motifs is 1. The highest BCUT2D eigenvalue weighted by atomic mass is 16.5. The van der Waals surface area contributed by atoms with Crippen molar-refractivity contribution >= 4 is 5.97 Å². The Hall–Kier alpha value is -0.530. The Bertz CT molecular complexity index is 188. The predicted octanol–water partition coefficient (Wildman–Crippen LogP) is 1.99. The van der Waals surface area contributed by atoms with Gasteiger partial charge in [0.2, 0.25) is 0 Å². The quantitative estimate of drug-likeness (QED) is 0.589. The highest BCUT2D eigenvalue weighted by Gasteiger charge is 2.44. The van der Waals surface area contributed by atoms with Gasteiger partial charge in [0.1, 0.15) is 0 Å². The second-order valence-corrected chi connectivity index (χ2v) is 4.02. The summed E-state index contributed by atoms with van der Waals surface area (Å²) in [5.74, 6) is 2.11. The van der Waals surface area contributed by atoms with Crippen molar-refractivity contribution in [3.8, 4) is 0 Å². The fourth-order valence-corrected chi connectivity index (χ4v) is 2.33. The summed E-state index contributed by atoms with van der Waals surface area (Å²) < 4.78 is 5.01. The molecule has 0 saturated heterocycles. The van der Waals surface area contributed by atoms with Gasteiger partial charge in [0, 0.05) is 0 Å². The highest BCUT2D eigenvalue weighted by molar-refractivity contribution is 5.72. The number of ether oxygens (including phenoxy) is 1. The first kappa shape index (κ1) is 8.09. The number of hydrogen-bond acceptors (Lipinski definition) is 2. The van der Waals surface area contributed by atoms with Crippen molar-refractivity contribution in [2.75, 3.05) is 6.61 Å². The minimum absolute atomic E-state index is 0.0443. The van der Waals surface area contributed by atoms with Crippen molar-refractivity contribution in [2.24, 2.45) is 17.8 Å². The molecule has 2 saturated carbocycles. The fraction of sp³-hybridized carbons (Fsp3) is 0.900. The lowest BCUT2D eigenvalue weighted by Crippen LogP contribution is -2.21. The summed E-state index contributed by atoms with van der Waals surface area (Å²) in [6, 6.07) is 0. The van der Waals surface area contributed by atoms with Gasteiger partial charge in [-0.15, -0.1) is 0 Å². The van der Waals surface area contributed by atoms with Crippen LogP contribution in [0.3, 0.4) is 0 Å². The molecule has 0 radical (unpaired) electrons. The first-order chi connectivity index (χ1) is 5.81. The summed E-state index contributed by atoms with van der Waals surface area (Å²) in [5.41, 5.74) is 0. The molecule has 2 aliphatic rings. The number of esters is 1. The molecule has 2 nitrogen and oxygen atoms in total. The standard InChI is InChI=1S/C10H16O2/c1-2-12-10(11)8-4-3-7-5-9(7)6-8/h7-9H,2-6H2,1H3/t7-,8-,9+/m1/s1. The first-order valence-corrected chi connectivity index (χ1v) is 4.98. The smallest absolute Gasteiger partial charge is 0.308 e. The van der Waals surface area contributed by atoms with Crippen molar-refractivity contribution in [1.29, 1.82) is 0 Å². The number of rotatable bonds is 2. The van der Waals surface area contributed by atoms with E-state index in [1.54, 1.807) is 0 Å². The van der Waals surface area contributed by atoms with E-state index in [2.05, 4.69) is 0 Å². The molecule has 0 N–H and O–H groups in total. The Balaban J connectivity index is 1.83. The lowest BCUT2D eigenvalue weighted by Gasteiger charge is -2.18. The van der Waals surface area contributed by atoms with Crippen molar-refractivity contribution in [3.05, 3.63) is 0 Å². The molecule has 68 valence electrons. The Kier molecular flexibility index (Phi) is 2.07. The Morgan fingerprint density at radius 2 is 2.17 bits per heavy atom. The molecule has 3 atom stereocenters. The summed E-state index contributed by atoms with van der Waals surface area (Å²) in [6.07, 6.45) is 4.80. The van der Waals surface area contributed by atoms with Gasteiger partial charge in [0.15, 0.2) is 0 Å². The second kappa shape index (κ2) is 3.08. The van der Waals surface area contributed by atoms with Gasteiger partial charge >= 0.3 is 5.97 Å². The van der Waals surface area contributed by atoms with E-state index >= 15 is 0 Å². The zero-order chi connectivity index (χ0) is 8.55. The molecule has 0 aliphatic heterocycles. The van der Waals surface area contributed by atoms with Crippen LogP contribution in [-0.4, -0.2) is 12.6 Å². The Morgan fingerprint density at radius 3 is 2.83 bits per heavy atom. The third-order valence-electron chi connectivity index (χ3n) is 3.16. The van der Waals surface area contributed by atoms with Gasteiger partial charge in [-0.2, -0.15) is 0 Å². The molecule has 0 spiro atoms. The first-order valence-electron chi connectivity index (χ1n) is 4.98. The van der Waals surface area contributed by atoms with E-state index in [-0.39, 0.29) is 11.9 Å². The third kappa shape index (κ3) is 1.47. The summed E-state index contributed by atoms with van der Waals surface area (Å²) in [4.78, 5) is 11.3. The minimum Gasteiger partial charge on any atom is -0.466 e. The number of carbonyl (C=O) groups is 1. The van der Waals surface area contributed by atoms with Crippen LogP contribution in [0.5, 0.6) is 0 Å². The zero-order valence-electron chi connectivity index (χ0n) is 7.58. The van der Waals surface area contributed by atoms with Gasteiger partial charge in [-0.3, -0.25) is 4.79 Å². The van der Waals surface area contributed by atoms with Crippen LogP contribution in [0.25, 0.3) is 0 Å². The average molecular weight is 168 g/mol. The van der Waals surface area contributed by atoms with Crippen LogP contribution in [0.4, 0.5) is 0 Å². The van der Waals surface area contributed by atoms with Crippen LogP contribution in [0.2, 0.25) is 0 Å². The molecule has 0 amide bonds. The topological polar surface area (TPSA) is 26.3 Å². The maximum atomic E-state index is 11.3. The maximum absolute atomic E-state index is 11.3. The van der Waals surface area contributed by atoms with Gasteiger partial charge in [-0.05, 0) is 44.4 Å². The average Bonchev–Trinajstić information content (AvgIpc) is 2.81. The molecule has 0 unspecified atom stereocenters. The van der Waals surface area contributed by atoms with Crippen molar-refractivity contribution in [1.82, 2.24) is 0 Å². The molecule has 0 heterocycles. The molecule has 0 aromatic carbocycles. The summed E-state index contributed by atoms with van der Waals surface area (Å²) in [7, 11) is 0. The van der Waals surface area contributed by atoms with E-state index in [0.29, 0.717) is 6.61 Å². The summed E-state index contributed by atoms with van der Waals surface area (Å²) in [6.45, 7) is 2.41. The fourth-order valence-electron chi connectivity index (χ4n) is 2.33. The molecule has 2 heteroatoms. The second-order valence-electron chi connectivity index (χ2n) is 4.02. The van der Waals surface area contributed by atoms with Crippen molar-refractivity contribution < 1.29 is 9.53 Å². The normalized spacial score (nSPS) is 38.6. The van der Waals surface area contributed by atoms with E-state index < -0.39 is 0 Å². The minimum atomic E-state index is 0.0443. The Morgan fingerprint density at radius 1 is 1.33 bits per heavy atom. The lowest BCUT2D eigenvalue weighted by molar-refractivity contribution is -0.149. The van der Waals surface area contributed by atoms with Gasteiger partial charge < -0.3 is 4.74 Å². The lowest BCUT2D eigenvalue weighted by atomic mass is 9.89. The highest BCUT2D eigenvalue weighted by Crippen LogP contribution is 2.51. The molecular formula is C10H16O2. The van der Waals surface area contributed by atoms with Crippen LogP contribution in [0.1, 0.15) is 32.6 Å². The van der Waals surface area contributed by atoms with Gasteiger partial charge in [-0.25, -0.2) is 0 Å². The predicted molar refractivity (Wildman–Crippen MR) is 45.6 cm³/mol. The molecule has 0 aromatic rings. The molecule has 12 heavy (non-hydrogen) atoms. The van der Waals surface area contributed by atoms with E-state index in [1.165, 1.54) is 12.8 Å². The summed E-state index contributed by atoms with van der Waals surface area (Å²) >= 11 is 0. The molecule has 0 aromatic heterocycles. The number of hydrogen-bond donors (Lipinski definition) is 0. The SMILES string of the molecule is CCOC(=O)[C@@H]1CC[C@@H]2C[C@H]2C1. The van der Waals surface area contributed by atoms with E-state index in [9.17, 15) is 4.79 Å². The zero-order valence-corrected chi connectivity index (χ0v) is 7.58. The molecule has 0 bridgehead atoms.